The summed E-state index contributed by atoms with van der Waals surface area (Å²) >= 11 is 6.24. The standard InChI is InChI=1S/C20H23ClN4O2/c1-23(2)10-11-24(3)14-8-9-15-17(12-14)22-19(26)13-25(20(15)27)18-7-5-4-6-16(18)21/h4-9,12H,10-11,13H2,1-3H3,(H,22,26). The number of hydrogen-bond acceptors (Lipinski definition) is 4. The van der Waals surface area contributed by atoms with E-state index in [1.807, 2.05) is 33.3 Å². The topological polar surface area (TPSA) is 55.9 Å². The predicted molar refractivity (Wildman–Crippen MR) is 110 cm³/mol. The average molecular weight is 387 g/mol. The maximum atomic E-state index is 13.1. The Balaban J connectivity index is 1.93. The molecule has 2 aromatic carbocycles. The van der Waals surface area contributed by atoms with Crippen molar-refractivity contribution in [2.45, 2.75) is 0 Å². The molecular formula is C20H23ClN4O2. The maximum absolute atomic E-state index is 13.1. The van der Waals surface area contributed by atoms with Crippen LogP contribution in [0.15, 0.2) is 42.5 Å². The Morgan fingerprint density at radius 2 is 1.81 bits per heavy atom. The zero-order valence-electron chi connectivity index (χ0n) is 15.7. The normalized spacial score (nSPS) is 14.0. The highest BCUT2D eigenvalue weighted by Gasteiger charge is 2.28. The van der Waals surface area contributed by atoms with Crippen LogP contribution in [0.1, 0.15) is 10.4 Å². The molecule has 142 valence electrons. The Hall–Kier alpha value is -2.57. The zero-order chi connectivity index (χ0) is 19.6. The van der Waals surface area contributed by atoms with E-state index in [-0.39, 0.29) is 18.4 Å². The number of benzene rings is 2. The number of carbonyl (C=O) groups is 2. The lowest BCUT2D eigenvalue weighted by molar-refractivity contribution is -0.114. The van der Waals surface area contributed by atoms with Gasteiger partial charge >= 0.3 is 0 Å². The summed E-state index contributed by atoms with van der Waals surface area (Å²) in [5.41, 5.74) is 2.44. The number of nitrogens with zero attached hydrogens (tertiary/aromatic N) is 3. The van der Waals surface area contributed by atoms with Crippen LogP contribution in [0.4, 0.5) is 17.1 Å². The fourth-order valence-corrected chi connectivity index (χ4v) is 3.19. The largest absolute Gasteiger partial charge is 0.373 e. The van der Waals surface area contributed by atoms with Crippen LogP contribution in [-0.4, -0.2) is 57.5 Å². The number of rotatable bonds is 5. The molecule has 0 radical (unpaired) electrons. The van der Waals surface area contributed by atoms with Crippen LogP contribution in [0.3, 0.4) is 0 Å². The minimum atomic E-state index is -0.255. The Bertz CT molecular complexity index is 869. The van der Waals surface area contributed by atoms with Crippen molar-refractivity contribution in [2.75, 3.05) is 55.9 Å². The van der Waals surface area contributed by atoms with E-state index in [0.29, 0.717) is 22.0 Å². The lowest BCUT2D eigenvalue weighted by Crippen LogP contribution is -2.35. The predicted octanol–water partition coefficient (Wildman–Crippen LogP) is 2.94. The van der Waals surface area contributed by atoms with Gasteiger partial charge in [-0.2, -0.15) is 0 Å². The summed E-state index contributed by atoms with van der Waals surface area (Å²) in [6.45, 7) is 1.65. The SMILES string of the molecule is CN(C)CCN(C)c1ccc2c(c1)NC(=O)CN(c1ccccc1Cl)C2=O. The number of halogens is 1. The Morgan fingerprint density at radius 1 is 1.07 bits per heavy atom. The molecule has 6 nitrogen and oxygen atoms in total. The molecule has 0 aliphatic carbocycles. The van der Waals surface area contributed by atoms with Gasteiger partial charge in [-0.25, -0.2) is 0 Å². The van der Waals surface area contributed by atoms with Crippen molar-refractivity contribution >= 4 is 40.5 Å². The number of likely N-dealkylation sites (N-methyl/N-ethyl adjacent to an activating group) is 2. The minimum absolute atomic E-state index is 0.0803. The summed E-state index contributed by atoms with van der Waals surface area (Å²) < 4.78 is 0. The van der Waals surface area contributed by atoms with Gasteiger partial charge in [-0.15, -0.1) is 0 Å². The smallest absolute Gasteiger partial charge is 0.260 e. The van der Waals surface area contributed by atoms with Gasteiger partial charge in [0.15, 0.2) is 0 Å². The molecule has 1 N–H and O–H groups in total. The van der Waals surface area contributed by atoms with Crippen LogP contribution >= 0.6 is 11.6 Å². The van der Waals surface area contributed by atoms with Gasteiger partial charge < -0.3 is 15.1 Å². The number of carbonyl (C=O) groups excluding carboxylic acids is 2. The molecule has 1 aliphatic rings. The first-order chi connectivity index (χ1) is 12.9. The third kappa shape index (κ3) is 4.23. The van der Waals surface area contributed by atoms with Crippen LogP contribution in [0, 0.1) is 0 Å². The molecule has 0 atom stereocenters. The molecule has 1 aliphatic heterocycles. The second kappa shape index (κ2) is 7.98. The fourth-order valence-electron chi connectivity index (χ4n) is 2.95. The molecule has 0 bridgehead atoms. The fraction of sp³-hybridized carbons (Fsp3) is 0.300. The first-order valence-corrected chi connectivity index (χ1v) is 9.11. The van der Waals surface area contributed by atoms with E-state index in [2.05, 4.69) is 15.1 Å². The molecule has 1 heterocycles. The first-order valence-electron chi connectivity index (χ1n) is 8.73. The molecule has 7 heteroatoms. The molecule has 0 aromatic heterocycles. The number of amides is 2. The highest BCUT2D eigenvalue weighted by Crippen LogP contribution is 2.31. The van der Waals surface area contributed by atoms with Crippen molar-refractivity contribution in [2.24, 2.45) is 0 Å². The van der Waals surface area contributed by atoms with Crippen LogP contribution in [0.2, 0.25) is 5.02 Å². The van der Waals surface area contributed by atoms with Crippen molar-refractivity contribution < 1.29 is 9.59 Å². The highest BCUT2D eigenvalue weighted by molar-refractivity contribution is 6.34. The quantitative estimate of drug-likeness (QED) is 0.858. The Kier molecular flexibility index (Phi) is 5.68. The molecule has 0 saturated carbocycles. The van der Waals surface area contributed by atoms with Gasteiger partial charge in [0.1, 0.15) is 6.54 Å². The Labute approximate surface area is 164 Å². The van der Waals surface area contributed by atoms with Gasteiger partial charge in [0.05, 0.1) is 22.0 Å². The summed E-state index contributed by atoms with van der Waals surface area (Å²) in [6.07, 6.45) is 0. The van der Waals surface area contributed by atoms with Crippen LogP contribution < -0.4 is 15.1 Å². The first kappa shape index (κ1) is 19.2. The van der Waals surface area contributed by atoms with E-state index in [1.165, 1.54) is 4.90 Å². The van der Waals surface area contributed by atoms with Gasteiger partial charge in [0, 0.05) is 25.8 Å². The van der Waals surface area contributed by atoms with Gasteiger partial charge in [-0.1, -0.05) is 23.7 Å². The third-order valence-electron chi connectivity index (χ3n) is 4.52. The average Bonchev–Trinajstić information content (AvgIpc) is 2.76. The van der Waals surface area contributed by atoms with E-state index in [0.717, 1.165) is 18.8 Å². The number of anilines is 3. The molecule has 2 aromatic rings. The van der Waals surface area contributed by atoms with E-state index in [9.17, 15) is 9.59 Å². The number of hydrogen-bond donors (Lipinski definition) is 1. The van der Waals surface area contributed by atoms with Crippen molar-refractivity contribution in [3.05, 3.63) is 53.1 Å². The van der Waals surface area contributed by atoms with Crippen molar-refractivity contribution in [1.82, 2.24) is 4.90 Å². The number of para-hydroxylation sites is 1. The van der Waals surface area contributed by atoms with Gasteiger partial charge in [-0.05, 0) is 44.4 Å². The van der Waals surface area contributed by atoms with Gasteiger partial charge in [0.25, 0.3) is 5.91 Å². The maximum Gasteiger partial charge on any atom is 0.260 e. The molecule has 27 heavy (non-hydrogen) atoms. The van der Waals surface area contributed by atoms with Crippen molar-refractivity contribution in [3.63, 3.8) is 0 Å². The summed E-state index contributed by atoms with van der Waals surface area (Å²) in [4.78, 5) is 31.1. The van der Waals surface area contributed by atoms with E-state index < -0.39 is 0 Å². The molecule has 2 amide bonds. The summed E-state index contributed by atoms with van der Waals surface area (Å²) in [5, 5.41) is 3.28. The van der Waals surface area contributed by atoms with E-state index in [1.54, 1.807) is 30.3 Å². The van der Waals surface area contributed by atoms with Crippen molar-refractivity contribution in [3.8, 4) is 0 Å². The summed E-state index contributed by atoms with van der Waals surface area (Å²) in [5.74, 6) is -0.506. The molecular weight excluding hydrogens is 364 g/mol. The Morgan fingerprint density at radius 3 is 2.52 bits per heavy atom. The van der Waals surface area contributed by atoms with Crippen LogP contribution in [0.25, 0.3) is 0 Å². The second-order valence-corrected chi connectivity index (χ2v) is 7.25. The number of fused-ring (bicyclic) bond motifs is 1. The monoisotopic (exact) mass is 386 g/mol. The van der Waals surface area contributed by atoms with Crippen LogP contribution in [0.5, 0.6) is 0 Å². The minimum Gasteiger partial charge on any atom is -0.373 e. The second-order valence-electron chi connectivity index (χ2n) is 6.85. The summed E-state index contributed by atoms with van der Waals surface area (Å²) in [6, 6.07) is 12.5. The molecule has 0 spiro atoms. The molecule has 3 rings (SSSR count). The molecule has 0 unspecified atom stereocenters. The summed E-state index contributed by atoms with van der Waals surface area (Å²) in [7, 11) is 6.03. The van der Waals surface area contributed by atoms with Gasteiger partial charge in [0.2, 0.25) is 5.91 Å². The molecule has 0 saturated heterocycles. The third-order valence-corrected chi connectivity index (χ3v) is 4.84. The highest BCUT2D eigenvalue weighted by atomic mass is 35.5. The van der Waals surface area contributed by atoms with Crippen molar-refractivity contribution in [1.29, 1.82) is 0 Å². The van der Waals surface area contributed by atoms with E-state index in [4.69, 9.17) is 11.6 Å². The zero-order valence-corrected chi connectivity index (χ0v) is 16.5. The molecule has 0 fully saturated rings. The number of nitrogens with one attached hydrogen (secondary N) is 1. The lowest BCUT2D eigenvalue weighted by atomic mass is 10.1. The lowest BCUT2D eigenvalue weighted by Gasteiger charge is -2.23. The van der Waals surface area contributed by atoms with Crippen LogP contribution in [-0.2, 0) is 4.79 Å². The van der Waals surface area contributed by atoms with Gasteiger partial charge in [-0.3, -0.25) is 14.5 Å². The van der Waals surface area contributed by atoms with E-state index >= 15 is 0 Å².